The molecule has 0 aliphatic carbocycles. The summed E-state index contributed by atoms with van der Waals surface area (Å²) in [5, 5.41) is 10.3. The van der Waals surface area contributed by atoms with E-state index in [1.165, 1.54) is 13.8 Å². The van der Waals surface area contributed by atoms with Gasteiger partial charge >= 0.3 is 41.5 Å². The van der Waals surface area contributed by atoms with Gasteiger partial charge in [0.2, 0.25) is 0 Å². The number of hydrogen-bond acceptors (Lipinski definition) is 6. The van der Waals surface area contributed by atoms with Gasteiger partial charge in [0.15, 0.2) is 0 Å². The number of aliphatic carboxylic acids is 1. The zero-order valence-electron chi connectivity index (χ0n) is 10.4. The quantitative estimate of drug-likeness (QED) is 0.170. The Morgan fingerprint density at radius 3 is 2.06 bits per heavy atom. The fourth-order valence-electron chi connectivity index (χ4n) is 0.548. The van der Waals surface area contributed by atoms with Crippen molar-refractivity contribution in [2.24, 2.45) is 0 Å². The van der Waals surface area contributed by atoms with E-state index < -0.39 is 17.9 Å². The average molecular weight is 262 g/mol. The van der Waals surface area contributed by atoms with Crippen molar-refractivity contribution in [3.63, 3.8) is 0 Å². The number of carbonyl (C=O) groups is 3. The maximum Gasteiger partial charge on any atom is 1.00 e. The fraction of sp³-hybridized carbons (Fsp3) is 0.182. The molecule has 0 atom stereocenters. The van der Waals surface area contributed by atoms with Crippen LogP contribution in [0, 0.1) is 0 Å². The van der Waals surface area contributed by atoms with Gasteiger partial charge in [-0.15, -0.1) is 0 Å². The molecule has 92 valence electrons. The Morgan fingerprint density at radius 1 is 1.11 bits per heavy atom. The summed E-state index contributed by atoms with van der Waals surface area (Å²) >= 11 is 0. The van der Waals surface area contributed by atoms with Crippen molar-refractivity contribution in [3.05, 3.63) is 36.3 Å². The minimum Gasteiger partial charge on any atom is -0.545 e. The molecule has 6 nitrogen and oxygen atoms in total. The molecule has 0 aliphatic rings. The van der Waals surface area contributed by atoms with E-state index in [1.807, 2.05) is 0 Å². The first-order valence-electron chi connectivity index (χ1n) is 4.47. The molecule has 0 heterocycles. The first kappa shape index (κ1) is 19.0. The van der Waals surface area contributed by atoms with Crippen LogP contribution >= 0.6 is 0 Å². The van der Waals surface area contributed by atoms with Crippen LogP contribution in [-0.2, 0) is 23.9 Å². The minimum absolute atomic E-state index is 0. The molecule has 0 bridgehead atoms. The summed E-state index contributed by atoms with van der Waals surface area (Å²) < 4.78 is 8.94. The van der Waals surface area contributed by atoms with Gasteiger partial charge in [0.1, 0.15) is 6.26 Å². The van der Waals surface area contributed by atoms with Gasteiger partial charge in [-0.05, 0) is 13.8 Å². The van der Waals surface area contributed by atoms with E-state index in [2.05, 4.69) is 16.1 Å². The van der Waals surface area contributed by atoms with Crippen LogP contribution in [0.15, 0.2) is 36.3 Å². The first-order valence-corrected chi connectivity index (χ1v) is 4.47. The number of hydrogen-bond donors (Lipinski definition) is 0. The molecule has 0 unspecified atom stereocenters. The van der Waals surface area contributed by atoms with Gasteiger partial charge in [0.25, 0.3) is 0 Å². The molecule has 0 fully saturated rings. The molecule has 0 spiro atoms. The fourth-order valence-corrected chi connectivity index (χ4v) is 0.548. The Balaban J connectivity index is 0. The van der Waals surface area contributed by atoms with Gasteiger partial charge in [0, 0.05) is 11.6 Å². The monoisotopic (exact) mass is 262 g/mol. The molecule has 0 rings (SSSR count). The number of ether oxygens (including phenoxy) is 2. The minimum atomic E-state index is -1.39. The Labute approximate surface area is 126 Å². The summed E-state index contributed by atoms with van der Waals surface area (Å²) in [6, 6.07) is 0. The van der Waals surface area contributed by atoms with Crippen LogP contribution in [0.3, 0.4) is 0 Å². The molecular formula is C11H11NaO6. The van der Waals surface area contributed by atoms with Crippen LogP contribution in [-0.4, -0.2) is 17.9 Å². The summed E-state index contributed by atoms with van der Waals surface area (Å²) in [6.07, 6.45) is 2.68. The predicted molar refractivity (Wildman–Crippen MR) is 54.9 cm³/mol. The summed E-state index contributed by atoms with van der Waals surface area (Å²) in [6.45, 7) is 5.71. The maximum atomic E-state index is 11.1. The number of carbonyl (C=O) groups excluding carboxylic acids is 3. The van der Waals surface area contributed by atoms with Crippen molar-refractivity contribution in [2.75, 3.05) is 0 Å². The Kier molecular flexibility index (Phi) is 10.2. The van der Waals surface area contributed by atoms with Gasteiger partial charge in [-0.1, -0.05) is 6.58 Å². The topological polar surface area (TPSA) is 92.7 Å². The zero-order valence-corrected chi connectivity index (χ0v) is 12.4. The second kappa shape index (κ2) is 9.64. The largest absolute Gasteiger partial charge is 1.00 e. The summed E-state index contributed by atoms with van der Waals surface area (Å²) in [7, 11) is 0. The predicted octanol–water partition coefficient (Wildman–Crippen LogP) is -3.18. The molecule has 0 aliphatic heterocycles. The van der Waals surface area contributed by atoms with E-state index in [0.717, 1.165) is 18.6 Å². The summed E-state index contributed by atoms with van der Waals surface area (Å²) in [5.41, 5.74) is -0.160. The number of esters is 2. The van der Waals surface area contributed by atoms with Crippen molar-refractivity contribution in [3.8, 4) is 0 Å². The Hall–Kier alpha value is -1.37. The maximum absolute atomic E-state index is 11.1. The van der Waals surface area contributed by atoms with Crippen LogP contribution in [0.1, 0.15) is 13.8 Å². The van der Waals surface area contributed by atoms with E-state index in [1.54, 1.807) is 0 Å². The molecule has 0 aromatic carbocycles. The van der Waals surface area contributed by atoms with Crippen LogP contribution in [0.25, 0.3) is 0 Å². The smallest absolute Gasteiger partial charge is 0.545 e. The molecule has 0 amide bonds. The van der Waals surface area contributed by atoms with Crippen molar-refractivity contribution >= 4 is 17.9 Å². The Morgan fingerprint density at radius 2 is 1.61 bits per heavy atom. The van der Waals surface area contributed by atoms with Crippen molar-refractivity contribution in [1.29, 1.82) is 0 Å². The third-order valence-electron chi connectivity index (χ3n) is 1.49. The second-order valence-corrected chi connectivity index (χ2v) is 2.94. The van der Waals surface area contributed by atoms with Crippen LogP contribution in [0.2, 0.25) is 0 Å². The molecule has 7 heteroatoms. The van der Waals surface area contributed by atoms with E-state index in [4.69, 9.17) is 0 Å². The standard InChI is InChI=1S/C11H12O6.Na/c1-4-9(12)17-11(15)8(3)6-16-5-7(2)10(13)14;/h4-6H,1H2,2-3H3,(H,13,14);/q;+1/p-1. The second-order valence-electron chi connectivity index (χ2n) is 2.94. The molecule has 0 aromatic rings. The molecule has 0 N–H and O–H groups in total. The van der Waals surface area contributed by atoms with E-state index >= 15 is 0 Å². The van der Waals surface area contributed by atoms with Gasteiger partial charge in [0.05, 0.1) is 17.8 Å². The number of rotatable bonds is 5. The molecule has 0 saturated carbocycles. The van der Waals surface area contributed by atoms with Crippen molar-refractivity contribution in [2.45, 2.75) is 13.8 Å². The SMILES string of the molecule is C=CC(=O)OC(=O)C(C)=COC=C(C)C(=O)[O-].[Na+]. The molecule has 0 radical (unpaired) electrons. The van der Waals surface area contributed by atoms with E-state index in [9.17, 15) is 19.5 Å². The average Bonchev–Trinajstić information content (AvgIpc) is 2.28. The summed E-state index contributed by atoms with van der Waals surface area (Å²) in [5.74, 6) is -3.18. The molecule has 0 aromatic heterocycles. The molecular weight excluding hydrogens is 251 g/mol. The van der Waals surface area contributed by atoms with Crippen LogP contribution < -0.4 is 34.7 Å². The van der Waals surface area contributed by atoms with Crippen molar-refractivity contribution in [1.82, 2.24) is 0 Å². The van der Waals surface area contributed by atoms with E-state index in [-0.39, 0.29) is 40.7 Å². The van der Waals surface area contributed by atoms with Crippen molar-refractivity contribution < 1.29 is 58.5 Å². The summed E-state index contributed by atoms with van der Waals surface area (Å²) in [4.78, 5) is 32.1. The van der Waals surface area contributed by atoms with Gasteiger partial charge in [-0.25, -0.2) is 9.59 Å². The normalized spacial score (nSPS) is 11.0. The van der Waals surface area contributed by atoms with Crippen LogP contribution in [0.4, 0.5) is 0 Å². The van der Waals surface area contributed by atoms with Gasteiger partial charge in [-0.3, -0.25) is 0 Å². The van der Waals surface area contributed by atoms with Crippen LogP contribution in [0.5, 0.6) is 0 Å². The third kappa shape index (κ3) is 7.83. The van der Waals surface area contributed by atoms with Gasteiger partial charge < -0.3 is 19.4 Å². The van der Waals surface area contributed by atoms with E-state index in [0.29, 0.717) is 0 Å². The molecule has 0 saturated heterocycles. The number of carboxylic acids is 1. The zero-order chi connectivity index (χ0) is 13.4. The molecule has 18 heavy (non-hydrogen) atoms. The third-order valence-corrected chi connectivity index (χ3v) is 1.49. The van der Waals surface area contributed by atoms with Gasteiger partial charge in [-0.2, -0.15) is 0 Å². The first-order chi connectivity index (χ1) is 7.88. The Bertz CT molecular complexity index is 408. The number of carboxylic acid groups (broad SMARTS) is 1.